The first kappa shape index (κ1) is 20.9. The van der Waals surface area contributed by atoms with E-state index in [4.69, 9.17) is 27.9 Å². The third-order valence-corrected chi connectivity index (χ3v) is 6.84. The van der Waals surface area contributed by atoms with E-state index in [1.807, 2.05) is 0 Å². The van der Waals surface area contributed by atoms with E-state index in [-0.39, 0.29) is 30.6 Å². The number of halogens is 3. The van der Waals surface area contributed by atoms with Crippen molar-refractivity contribution in [2.45, 2.75) is 19.0 Å². The second-order valence-corrected chi connectivity index (χ2v) is 9.63. The molecule has 0 spiro atoms. The molecule has 0 N–H and O–H groups in total. The second kappa shape index (κ2) is 8.68. The average Bonchev–Trinajstić information content (AvgIpc) is 3.00. The van der Waals surface area contributed by atoms with E-state index in [2.05, 4.69) is 0 Å². The number of sulfone groups is 1. The molecule has 0 radical (unpaired) electrons. The van der Waals surface area contributed by atoms with Crippen LogP contribution in [-0.4, -0.2) is 43.4 Å². The first-order valence-corrected chi connectivity index (χ1v) is 11.1. The minimum atomic E-state index is -3.19. The number of carbonyl (C=O) groups excluding carboxylic acids is 1. The van der Waals surface area contributed by atoms with E-state index in [1.165, 1.54) is 29.2 Å². The van der Waals surface area contributed by atoms with Gasteiger partial charge in [-0.2, -0.15) is 0 Å². The largest absolute Gasteiger partial charge is 0.484 e. The zero-order valence-corrected chi connectivity index (χ0v) is 17.1. The molecule has 5 nitrogen and oxygen atoms in total. The number of nitrogens with zero attached hydrogens (tertiary/aromatic N) is 1. The number of carbonyl (C=O) groups is 1. The van der Waals surface area contributed by atoms with Gasteiger partial charge >= 0.3 is 0 Å². The lowest BCUT2D eigenvalue weighted by Gasteiger charge is -2.29. The molecule has 0 saturated carbocycles. The molecule has 3 rings (SSSR count). The lowest BCUT2D eigenvalue weighted by atomic mass is 10.1. The summed E-state index contributed by atoms with van der Waals surface area (Å²) in [6, 6.07) is 9.78. The van der Waals surface area contributed by atoms with Crippen LogP contribution in [0.25, 0.3) is 0 Å². The van der Waals surface area contributed by atoms with Gasteiger partial charge in [0.2, 0.25) is 0 Å². The first-order chi connectivity index (χ1) is 13.2. The fourth-order valence-electron chi connectivity index (χ4n) is 3.03. The highest BCUT2D eigenvalue weighted by Crippen LogP contribution is 2.26. The van der Waals surface area contributed by atoms with Crippen LogP contribution in [0.4, 0.5) is 4.39 Å². The van der Waals surface area contributed by atoms with Crippen molar-refractivity contribution in [2.75, 3.05) is 18.1 Å². The van der Waals surface area contributed by atoms with Gasteiger partial charge in [0.25, 0.3) is 5.91 Å². The van der Waals surface area contributed by atoms with Gasteiger partial charge in [-0.05, 0) is 48.4 Å². The Labute approximate surface area is 172 Å². The number of amides is 1. The minimum Gasteiger partial charge on any atom is -0.484 e. The lowest BCUT2D eigenvalue weighted by molar-refractivity contribution is -0.136. The van der Waals surface area contributed by atoms with E-state index in [9.17, 15) is 17.6 Å². The molecule has 1 aliphatic heterocycles. The van der Waals surface area contributed by atoms with Gasteiger partial charge < -0.3 is 9.64 Å². The number of hydrogen-bond donors (Lipinski definition) is 0. The van der Waals surface area contributed by atoms with Crippen LogP contribution in [0.2, 0.25) is 10.0 Å². The Morgan fingerprint density at radius 1 is 1.18 bits per heavy atom. The third-order valence-electron chi connectivity index (χ3n) is 4.50. The van der Waals surface area contributed by atoms with Gasteiger partial charge in [-0.1, -0.05) is 29.3 Å². The standard InChI is InChI=1S/C19H18Cl2FNO4S/c20-14-2-1-13(18(21)9-14)10-23(16-7-8-28(25,26)12-16)19(24)11-27-17-5-3-15(22)4-6-17/h1-6,9,16H,7-8,10-12H2/t16-/m0/s1. The molecule has 0 aromatic heterocycles. The van der Waals surface area contributed by atoms with E-state index in [0.29, 0.717) is 27.8 Å². The van der Waals surface area contributed by atoms with Gasteiger partial charge in [-0.15, -0.1) is 0 Å². The van der Waals surface area contributed by atoms with Crippen LogP contribution in [0, 0.1) is 5.82 Å². The molecule has 1 atom stereocenters. The van der Waals surface area contributed by atoms with Crippen molar-refractivity contribution in [3.8, 4) is 5.75 Å². The van der Waals surface area contributed by atoms with Crippen molar-refractivity contribution in [3.05, 3.63) is 63.9 Å². The fourth-order valence-corrected chi connectivity index (χ4v) is 5.23. The first-order valence-electron chi connectivity index (χ1n) is 8.56. The molecule has 28 heavy (non-hydrogen) atoms. The molecule has 2 aromatic rings. The lowest BCUT2D eigenvalue weighted by Crippen LogP contribution is -2.43. The molecule has 1 heterocycles. The fraction of sp³-hybridized carbons (Fsp3) is 0.316. The Morgan fingerprint density at radius 3 is 2.50 bits per heavy atom. The summed E-state index contributed by atoms with van der Waals surface area (Å²) < 4.78 is 42.2. The molecule has 1 amide bonds. The topological polar surface area (TPSA) is 63.7 Å². The molecule has 9 heteroatoms. The zero-order valence-electron chi connectivity index (χ0n) is 14.8. The molecule has 0 bridgehead atoms. The highest BCUT2D eigenvalue weighted by Gasteiger charge is 2.35. The zero-order chi connectivity index (χ0) is 20.3. The number of rotatable bonds is 6. The molecule has 2 aromatic carbocycles. The van der Waals surface area contributed by atoms with Crippen LogP contribution in [0.3, 0.4) is 0 Å². The number of ether oxygens (including phenoxy) is 1. The van der Waals surface area contributed by atoms with Gasteiger partial charge in [0.1, 0.15) is 11.6 Å². The molecule has 1 saturated heterocycles. The van der Waals surface area contributed by atoms with Crippen LogP contribution in [0.5, 0.6) is 5.75 Å². The molecule has 0 unspecified atom stereocenters. The monoisotopic (exact) mass is 445 g/mol. The summed E-state index contributed by atoms with van der Waals surface area (Å²) >= 11 is 12.1. The summed E-state index contributed by atoms with van der Waals surface area (Å²) in [5, 5.41) is 0.861. The van der Waals surface area contributed by atoms with Crippen LogP contribution in [-0.2, 0) is 21.2 Å². The third kappa shape index (κ3) is 5.37. The Balaban J connectivity index is 1.76. The van der Waals surface area contributed by atoms with Crippen molar-refractivity contribution in [1.29, 1.82) is 0 Å². The molecule has 1 aliphatic rings. The molecular formula is C19H18Cl2FNO4S. The molecule has 1 fully saturated rings. The Morgan fingerprint density at radius 2 is 1.89 bits per heavy atom. The Kier molecular flexibility index (Phi) is 6.47. The highest BCUT2D eigenvalue weighted by molar-refractivity contribution is 7.91. The van der Waals surface area contributed by atoms with Gasteiger partial charge in [-0.25, -0.2) is 12.8 Å². The summed E-state index contributed by atoms with van der Waals surface area (Å²) in [5.41, 5.74) is 0.658. The van der Waals surface area contributed by atoms with Gasteiger partial charge in [0, 0.05) is 22.6 Å². The normalized spacial score (nSPS) is 18.0. The van der Waals surface area contributed by atoms with E-state index >= 15 is 0 Å². The summed E-state index contributed by atoms with van der Waals surface area (Å²) in [5.74, 6) is -0.501. The van der Waals surface area contributed by atoms with Gasteiger partial charge in [-0.3, -0.25) is 4.79 Å². The van der Waals surface area contributed by atoms with E-state index in [1.54, 1.807) is 18.2 Å². The van der Waals surface area contributed by atoms with Crippen LogP contribution in [0.1, 0.15) is 12.0 Å². The summed E-state index contributed by atoms with van der Waals surface area (Å²) in [6.45, 7) is -0.158. The number of benzene rings is 2. The summed E-state index contributed by atoms with van der Waals surface area (Å²) in [7, 11) is -3.19. The second-order valence-electron chi connectivity index (χ2n) is 6.56. The maximum atomic E-state index is 13.0. The van der Waals surface area contributed by atoms with Crippen molar-refractivity contribution in [1.82, 2.24) is 4.90 Å². The smallest absolute Gasteiger partial charge is 0.261 e. The quantitative estimate of drug-likeness (QED) is 0.679. The maximum Gasteiger partial charge on any atom is 0.261 e. The van der Waals surface area contributed by atoms with Crippen LogP contribution < -0.4 is 4.74 Å². The minimum absolute atomic E-state index is 0.0363. The predicted molar refractivity (Wildman–Crippen MR) is 106 cm³/mol. The van der Waals surface area contributed by atoms with Gasteiger partial charge in [0.15, 0.2) is 16.4 Å². The highest BCUT2D eigenvalue weighted by atomic mass is 35.5. The van der Waals surface area contributed by atoms with Gasteiger partial charge in [0.05, 0.1) is 11.5 Å². The van der Waals surface area contributed by atoms with Crippen molar-refractivity contribution in [3.63, 3.8) is 0 Å². The Hall–Kier alpha value is -1.83. The average molecular weight is 446 g/mol. The molecular weight excluding hydrogens is 428 g/mol. The summed E-state index contributed by atoms with van der Waals surface area (Å²) in [6.07, 6.45) is 0.357. The van der Waals surface area contributed by atoms with E-state index in [0.717, 1.165) is 0 Å². The van der Waals surface area contributed by atoms with Crippen molar-refractivity contribution in [2.24, 2.45) is 0 Å². The van der Waals surface area contributed by atoms with Crippen molar-refractivity contribution >= 4 is 38.9 Å². The molecule has 150 valence electrons. The van der Waals surface area contributed by atoms with Crippen LogP contribution in [0.15, 0.2) is 42.5 Å². The SMILES string of the molecule is O=C(COc1ccc(F)cc1)N(Cc1ccc(Cl)cc1Cl)[C@H]1CCS(=O)(=O)C1. The van der Waals surface area contributed by atoms with Crippen LogP contribution >= 0.6 is 23.2 Å². The number of hydrogen-bond acceptors (Lipinski definition) is 4. The molecule has 0 aliphatic carbocycles. The predicted octanol–water partition coefficient (Wildman–Crippen LogP) is 3.73. The summed E-state index contributed by atoms with van der Waals surface area (Å²) in [4.78, 5) is 14.3. The Bertz CT molecular complexity index is 966. The van der Waals surface area contributed by atoms with Crippen molar-refractivity contribution < 1.29 is 22.3 Å². The van der Waals surface area contributed by atoms with E-state index < -0.39 is 21.7 Å². The maximum absolute atomic E-state index is 13.0.